The lowest BCUT2D eigenvalue weighted by atomic mass is 10.2. The van der Waals surface area contributed by atoms with Gasteiger partial charge in [-0.05, 0) is 18.6 Å². The molecular weight excluding hydrogens is 311 g/mol. The average molecular weight is 327 g/mol. The van der Waals surface area contributed by atoms with Crippen molar-refractivity contribution in [2.45, 2.75) is 18.6 Å². The summed E-state index contributed by atoms with van der Waals surface area (Å²) in [6, 6.07) is 5.84. The van der Waals surface area contributed by atoms with Gasteiger partial charge in [0, 0.05) is 6.54 Å². The number of hydrogen-bond donors (Lipinski definition) is 3. The number of anilines is 1. The molecule has 6 nitrogen and oxygen atoms in total. The number of para-hydroxylation sites is 1. The normalized spacial score (nSPS) is 20.5. The number of aromatic nitrogens is 2. The Bertz CT molecular complexity index is 664. The van der Waals surface area contributed by atoms with Crippen LogP contribution in [0.15, 0.2) is 36.7 Å². The van der Waals surface area contributed by atoms with E-state index in [9.17, 15) is 14.3 Å². The molecule has 1 amide bonds. The van der Waals surface area contributed by atoms with E-state index in [1.54, 1.807) is 24.4 Å². The number of carbonyl (C=O) groups is 1. The first-order valence-corrected chi connectivity index (χ1v) is 6.65. The molecule has 118 valence electrons. The molecule has 2 aromatic rings. The highest BCUT2D eigenvalue weighted by Gasteiger charge is 2.28. The fraction of sp³-hybridized carbons (Fsp3) is 0.286. The van der Waals surface area contributed by atoms with Crippen LogP contribution in [0.2, 0.25) is 0 Å². The van der Waals surface area contributed by atoms with E-state index in [-0.39, 0.29) is 24.1 Å². The summed E-state index contributed by atoms with van der Waals surface area (Å²) >= 11 is 0. The van der Waals surface area contributed by atoms with Crippen molar-refractivity contribution in [2.75, 3.05) is 11.9 Å². The van der Waals surface area contributed by atoms with Crippen LogP contribution in [0.1, 0.15) is 6.42 Å². The topological polar surface area (TPSA) is 79.2 Å². The standard InChI is InChI=1S/C14H15FN4O2.ClH/c15-11-3-1-2-4-13(11)19-8-9(6-17-19)18-14(21)12-5-10(20)7-16-12;/h1-4,6,8,10,12,16,20H,5,7H2,(H,18,21);1H. The van der Waals surface area contributed by atoms with Gasteiger partial charge < -0.3 is 15.7 Å². The molecule has 8 heteroatoms. The van der Waals surface area contributed by atoms with Crippen molar-refractivity contribution in [1.29, 1.82) is 0 Å². The number of nitrogens with zero attached hydrogens (tertiary/aromatic N) is 2. The first-order chi connectivity index (χ1) is 10.1. The van der Waals surface area contributed by atoms with Gasteiger partial charge in [-0.15, -0.1) is 12.4 Å². The van der Waals surface area contributed by atoms with Crippen LogP contribution in [-0.2, 0) is 4.79 Å². The summed E-state index contributed by atoms with van der Waals surface area (Å²) in [5.41, 5.74) is 0.791. The first-order valence-electron chi connectivity index (χ1n) is 6.65. The number of halogens is 2. The third-order valence-corrected chi connectivity index (χ3v) is 3.37. The number of carbonyl (C=O) groups excluding carboxylic acids is 1. The van der Waals surface area contributed by atoms with Crippen LogP contribution in [0.4, 0.5) is 10.1 Å². The van der Waals surface area contributed by atoms with E-state index < -0.39 is 12.1 Å². The van der Waals surface area contributed by atoms with Gasteiger partial charge in [-0.25, -0.2) is 9.07 Å². The summed E-state index contributed by atoms with van der Waals surface area (Å²) < 4.78 is 15.0. The number of amides is 1. The summed E-state index contributed by atoms with van der Waals surface area (Å²) in [4.78, 5) is 12.0. The van der Waals surface area contributed by atoms with Crippen LogP contribution >= 0.6 is 12.4 Å². The second kappa shape index (κ2) is 6.87. The Morgan fingerprint density at radius 2 is 2.23 bits per heavy atom. The van der Waals surface area contributed by atoms with Crippen molar-refractivity contribution in [3.63, 3.8) is 0 Å². The van der Waals surface area contributed by atoms with Crippen LogP contribution in [0.5, 0.6) is 0 Å². The minimum atomic E-state index is -0.498. The summed E-state index contributed by atoms with van der Waals surface area (Å²) in [5.74, 6) is -0.626. The molecule has 3 N–H and O–H groups in total. The third-order valence-electron chi connectivity index (χ3n) is 3.37. The lowest BCUT2D eigenvalue weighted by Gasteiger charge is -2.09. The van der Waals surface area contributed by atoms with E-state index in [2.05, 4.69) is 15.7 Å². The third kappa shape index (κ3) is 3.44. The van der Waals surface area contributed by atoms with Crippen molar-refractivity contribution in [1.82, 2.24) is 15.1 Å². The molecule has 3 rings (SSSR count). The predicted molar refractivity (Wildman–Crippen MR) is 81.8 cm³/mol. The quantitative estimate of drug-likeness (QED) is 0.789. The minimum Gasteiger partial charge on any atom is -0.392 e. The zero-order valence-electron chi connectivity index (χ0n) is 11.6. The van der Waals surface area contributed by atoms with Gasteiger partial charge in [0.15, 0.2) is 0 Å². The van der Waals surface area contributed by atoms with E-state index in [4.69, 9.17) is 0 Å². The molecule has 0 aliphatic carbocycles. The number of aliphatic hydroxyl groups is 1. The summed E-state index contributed by atoms with van der Waals surface area (Å²) in [7, 11) is 0. The van der Waals surface area contributed by atoms with E-state index in [1.807, 2.05) is 0 Å². The summed E-state index contributed by atoms with van der Waals surface area (Å²) in [5, 5.41) is 19.1. The maximum atomic E-state index is 13.6. The highest BCUT2D eigenvalue weighted by Crippen LogP contribution is 2.16. The maximum absolute atomic E-state index is 13.6. The molecule has 1 aromatic carbocycles. The fourth-order valence-electron chi connectivity index (χ4n) is 2.30. The van der Waals surface area contributed by atoms with Crippen LogP contribution in [0.3, 0.4) is 0 Å². The molecule has 1 fully saturated rings. The number of β-amino-alcohol motifs (C(OH)–C–C–N with tert-alkyl or cyclic N) is 1. The Morgan fingerprint density at radius 3 is 2.91 bits per heavy atom. The van der Waals surface area contributed by atoms with Crippen LogP contribution < -0.4 is 10.6 Å². The largest absolute Gasteiger partial charge is 0.392 e. The molecule has 1 aliphatic heterocycles. The molecule has 0 bridgehead atoms. The molecule has 2 unspecified atom stereocenters. The monoisotopic (exact) mass is 326 g/mol. The van der Waals surface area contributed by atoms with Crippen molar-refractivity contribution in [3.8, 4) is 5.69 Å². The number of rotatable bonds is 3. The predicted octanol–water partition coefficient (Wildman–Crippen LogP) is 1.09. The highest BCUT2D eigenvalue weighted by atomic mass is 35.5. The molecule has 1 saturated heterocycles. The number of hydrogen-bond acceptors (Lipinski definition) is 4. The van der Waals surface area contributed by atoms with E-state index in [0.29, 0.717) is 24.3 Å². The van der Waals surface area contributed by atoms with Crippen molar-refractivity contribution < 1.29 is 14.3 Å². The van der Waals surface area contributed by atoms with Crippen molar-refractivity contribution in [2.24, 2.45) is 0 Å². The molecule has 1 aliphatic rings. The first kappa shape index (κ1) is 16.4. The lowest BCUT2D eigenvalue weighted by molar-refractivity contribution is -0.117. The van der Waals surface area contributed by atoms with Gasteiger partial charge in [-0.1, -0.05) is 12.1 Å². The van der Waals surface area contributed by atoms with Crippen molar-refractivity contribution in [3.05, 3.63) is 42.5 Å². The average Bonchev–Trinajstić information content (AvgIpc) is 3.08. The van der Waals surface area contributed by atoms with E-state index in [0.717, 1.165) is 0 Å². The lowest BCUT2D eigenvalue weighted by Crippen LogP contribution is -2.35. The zero-order valence-corrected chi connectivity index (χ0v) is 12.4. The molecule has 1 aromatic heterocycles. The Hall–Kier alpha value is -1.96. The van der Waals surface area contributed by atoms with Gasteiger partial charge in [0.1, 0.15) is 11.5 Å². The van der Waals surface area contributed by atoms with Gasteiger partial charge in [-0.2, -0.15) is 5.10 Å². The minimum absolute atomic E-state index is 0. The van der Waals surface area contributed by atoms with Crippen molar-refractivity contribution >= 4 is 24.0 Å². The van der Waals surface area contributed by atoms with Crippen LogP contribution in [0.25, 0.3) is 5.69 Å². The highest BCUT2D eigenvalue weighted by molar-refractivity contribution is 5.94. The van der Waals surface area contributed by atoms with Crippen LogP contribution in [0, 0.1) is 5.82 Å². The summed E-state index contributed by atoms with van der Waals surface area (Å²) in [6.45, 7) is 0.409. The number of nitrogens with one attached hydrogen (secondary N) is 2. The fourth-order valence-corrected chi connectivity index (χ4v) is 2.30. The number of aliphatic hydroxyl groups excluding tert-OH is 1. The second-order valence-corrected chi connectivity index (χ2v) is 4.96. The van der Waals surface area contributed by atoms with Crippen LogP contribution in [-0.4, -0.2) is 39.5 Å². The molecule has 0 radical (unpaired) electrons. The van der Waals surface area contributed by atoms with Gasteiger partial charge in [0.25, 0.3) is 0 Å². The molecular formula is C14H16ClFN4O2. The molecule has 22 heavy (non-hydrogen) atoms. The molecule has 2 atom stereocenters. The molecule has 0 saturated carbocycles. The zero-order chi connectivity index (χ0) is 14.8. The second-order valence-electron chi connectivity index (χ2n) is 4.96. The van der Waals surface area contributed by atoms with E-state index >= 15 is 0 Å². The SMILES string of the molecule is Cl.O=C(Nc1cnn(-c2ccccc2F)c1)C1CC(O)CN1. The van der Waals surface area contributed by atoms with Gasteiger partial charge in [0.05, 0.1) is 30.2 Å². The van der Waals surface area contributed by atoms with Gasteiger partial charge in [-0.3, -0.25) is 4.79 Å². The van der Waals surface area contributed by atoms with Gasteiger partial charge in [0.2, 0.25) is 5.91 Å². The maximum Gasteiger partial charge on any atom is 0.241 e. The Morgan fingerprint density at radius 1 is 1.45 bits per heavy atom. The Kier molecular flexibility index (Phi) is 5.12. The smallest absolute Gasteiger partial charge is 0.241 e. The molecule has 0 spiro atoms. The van der Waals surface area contributed by atoms with Gasteiger partial charge >= 0.3 is 0 Å². The van der Waals surface area contributed by atoms with E-state index in [1.165, 1.54) is 16.9 Å². The summed E-state index contributed by atoms with van der Waals surface area (Å²) in [6.07, 6.45) is 2.88. The Balaban J connectivity index is 0.00000176. The Labute approximate surface area is 132 Å². The number of benzene rings is 1. The molecule has 2 heterocycles.